The van der Waals surface area contributed by atoms with Gasteiger partial charge in [0, 0.05) is 23.5 Å². The number of carbonyl (C=O) groups is 2. The monoisotopic (exact) mass is 352 g/mol. The first-order chi connectivity index (χ1) is 11.5. The van der Waals surface area contributed by atoms with Crippen LogP contribution < -0.4 is 5.73 Å². The topological polar surface area (TPSA) is 72.6 Å². The van der Waals surface area contributed by atoms with Crippen LogP contribution in [-0.4, -0.2) is 36.5 Å². The normalized spacial score (nSPS) is 22.3. The molecule has 1 aromatic carbocycles. The van der Waals surface area contributed by atoms with E-state index in [1.807, 2.05) is 36.1 Å². The molecule has 24 heavy (non-hydrogen) atoms. The predicted molar refractivity (Wildman–Crippen MR) is 93.5 cm³/mol. The molecule has 2 rings (SSSR count). The number of benzene rings is 1. The molecule has 1 fully saturated rings. The Bertz CT molecular complexity index is 572. The Balaban J connectivity index is 2.29. The lowest BCUT2D eigenvalue weighted by atomic mass is 9.85. The Kier molecular flexibility index (Phi) is 6.63. The summed E-state index contributed by atoms with van der Waals surface area (Å²) < 4.78 is 4.73. The average Bonchev–Trinajstić information content (AvgIpc) is 2.59. The summed E-state index contributed by atoms with van der Waals surface area (Å²) in [4.78, 5) is 26.5. The number of amides is 1. The zero-order valence-corrected chi connectivity index (χ0v) is 15.0. The third-order valence-corrected chi connectivity index (χ3v) is 5.01. The van der Waals surface area contributed by atoms with Gasteiger partial charge in [-0.3, -0.25) is 9.59 Å². The minimum Gasteiger partial charge on any atom is -0.469 e. The van der Waals surface area contributed by atoms with Crippen molar-refractivity contribution in [2.75, 3.05) is 13.7 Å². The molecule has 0 spiro atoms. The lowest BCUT2D eigenvalue weighted by Gasteiger charge is -2.43. The van der Waals surface area contributed by atoms with Crippen molar-refractivity contribution in [1.29, 1.82) is 0 Å². The number of carbonyl (C=O) groups excluding carboxylic acids is 2. The molecule has 1 saturated heterocycles. The maximum atomic E-state index is 13.0. The number of piperidine rings is 1. The largest absolute Gasteiger partial charge is 0.469 e. The highest BCUT2D eigenvalue weighted by atomic mass is 35.5. The molecule has 0 saturated carbocycles. The summed E-state index contributed by atoms with van der Waals surface area (Å²) in [6.45, 7) is 2.42. The second kappa shape index (κ2) is 8.49. The van der Waals surface area contributed by atoms with Crippen molar-refractivity contribution >= 4 is 23.5 Å². The summed E-state index contributed by atoms with van der Waals surface area (Å²) in [5.74, 6) is -0.690. The first-order valence-corrected chi connectivity index (χ1v) is 8.74. The Labute approximate surface area is 148 Å². The van der Waals surface area contributed by atoms with Crippen LogP contribution in [0.2, 0.25) is 5.02 Å². The number of rotatable bonds is 6. The van der Waals surface area contributed by atoms with Crippen molar-refractivity contribution in [3.8, 4) is 0 Å². The molecule has 0 aliphatic carbocycles. The summed E-state index contributed by atoms with van der Waals surface area (Å²) in [6.07, 6.45) is 2.36. The first kappa shape index (κ1) is 18.7. The predicted octanol–water partition coefficient (Wildman–Crippen LogP) is 2.92. The van der Waals surface area contributed by atoms with Crippen LogP contribution >= 0.6 is 11.6 Å². The number of methoxy groups -OCH3 is 1. The standard InChI is InChI=1S/C18H25ClN2O3/c1-3-15(11-20)21-16(12-4-7-14(19)8-5-12)9-6-13(18(21)23)10-17(22)24-2/h4-5,7-8,13,15-16H,3,6,9-11,20H2,1-2H3. The fourth-order valence-electron chi connectivity index (χ4n) is 3.38. The summed E-state index contributed by atoms with van der Waals surface area (Å²) >= 11 is 5.98. The minimum absolute atomic E-state index is 0.0103. The number of likely N-dealkylation sites (tertiary alicyclic amines) is 1. The average molecular weight is 353 g/mol. The summed E-state index contributed by atoms with van der Waals surface area (Å²) in [5.41, 5.74) is 6.96. The maximum Gasteiger partial charge on any atom is 0.306 e. The maximum absolute atomic E-state index is 13.0. The zero-order valence-electron chi connectivity index (χ0n) is 14.2. The van der Waals surface area contributed by atoms with Crippen molar-refractivity contribution in [1.82, 2.24) is 4.90 Å². The van der Waals surface area contributed by atoms with Crippen molar-refractivity contribution in [2.24, 2.45) is 11.7 Å². The Hall–Kier alpha value is -1.59. The molecule has 0 radical (unpaired) electrons. The summed E-state index contributed by atoms with van der Waals surface area (Å²) in [5, 5.41) is 0.668. The molecule has 1 aromatic rings. The fraction of sp³-hybridized carbons (Fsp3) is 0.556. The molecular formula is C18H25ClN2O3. The van der Waals surface area contributed by atoms with Gasteiger partial charge in [-0.15, -0.1) is 0 Å². The second-order valence-electron chi connectivity index (χ2n) is 6.17. The zero-order chi connectivity index (χ0) is 17.7. The number of esters is 1. The van der Waals surface area contributed by atoms with Gasteiger partial charge in [-0.25, -0.2) is 0 Å². The van der Waals surface area contributed by atoms with Crippen LogP contribution in [0.15, 0.2) is 24.3 Å². The van der Waals surface area contributed by atoms with E-state index >= 15 is 0 Å². The molecule has 132 valence electrons. The van der Waals surface area contributed by atoms with E-state index in [9.17, 15) is 9.59 Å². The highest BCUT2D eigenvalue weighted by Gasteiger charge is 2.39. The first-order valence-electron chi connectivity index (χ1n) is 8.36. The van der Waals surface area contributed by atoms with E-state index in [4.69, 9.17) is 22.1 Å². The quantitative estimate of drug-likeness (QED) is 0.799. The van der Waals surface area contributed by atoms with E-state index in [0.29, 0.717) is 18.0 Å². The molecule has 5 nitrogen and oxygen atoms in total. The number of nitrogens with two attached hydrogens (primary N) is 1. The van der Waals surface area contributed by atoms with Gasteiger partial charge in [-0.05, 0) is 37.0 Å². The smallest absolute Gasteiger partial charge is 0.306 e. The van der Waals surface area contributed by atoms with Crippen LogP contribution in [0.3, 0.4) is 0 Å². The van der Waals surface area contributed by atoms with Gasteiger partial charge < -0.3 is 15.4 Å². The van der Waals surface area contributed by atoms with Crippen LogP contribution in [0.4, 0.5) is 0 Å². The van der Waals surface area contributed by atoms with Gasteiger partial charge in [0.15, 0.2) is 0 Å². The van der Waals surface area contributed by atoms with E-state index in [-0.39, 0.29) is 36.3 Å². The number of ether oxygens (including phenoxy) is 1. The highest BCUT2D eigenvalue weighted by Crippen LogP contribution is 2.37. The van der Waals surface area contributed by atoms with Gasteiger partial charge in [-0.2, -0.15) is 0 Å². The van der Waals surface area contributed by atoms with Crippen molar-refractivity contribution < 1.29 is 14.3 Å². The molecule has 3 atom stereocenters. The van der Waals surface area contributed by atoms with Crippen LogP contribution in [0, 0.1) is 5.92 Å². The molecule has 1 aliphatic rings. The Morgan fingerprint density at radius 3 is 2.58 bits per heavy atom. The summed E-state index contributed by atoms with van der Waals surface area (Å²) in [6, 6.07) is 7.51. The highest BCUT2D eigenvalue weighted by molar-refractivity contribution is 6.30. The van der Waals surface area contributed by atoms with Crippen LogP contribution in [-0.2, 0) is 14.3 Å². The molecule has 0 aromatic heterocycles. The van der Waals surface area contributed by atoms with E-state index in [1.54, 1.807) is 0 Å². The van der Waals surface area contributed by atoms with Crippen LogP contribution in [0.1, 0.15) is 44.2 Å². The fourth-order valence-corrected chi connectivity index (χ4v) is 3.51. The number of hydrogen-bond donors (Lipinski definition) is 1. The van der Waals surface area contributed by atoms with Crippen molar-refractivity contribution in [3.05, 3.63) is 34.9 Å². The SMILES string of the molecule is CCC(CN)N1C(=O)C(CC(=O)OC)CCC1c1ccc(Cl)cc1. The molecule has 3 unspecified atom stereocenters. The Morgan fingerprint density at radius 1 is 1.38 bits per heavy atom. The van der Waals surface area contributed by atoms with Gasteiger partial charge >= 0.3 is 5.97 Å². The number of hydrogen-bond acceptors (Lipinski definition) is 4. The van der Waals surface area contributed by atoms with Gasteiger partial charge in [-0.1, -0.05) is 30.7 Å². The second-order valence-corrected chi connectivity index (χ2v) is 6.60. The van der Waals surface area contributed by atoms with E-state index in [2.05, 4.69) is 0 Å². The van der Waals surface area contributed by atoms with Gasteiger partial charge in [0.2, 0.25) is 5.91 Å². The van der Waals surface area contributed by atoms with Gasteiger partial charge in [0.25, 0.3) is 0 Å². The summed E-state index contributed by atoms with van der Waals surface area (Å²) in [7, 11) is 1.35. The Morgan fingerprint density at radius 2 is 2.04 bits per heavy atom. The minimum atomic E-state index is -0.348. The van der Waals surface area contributed by atoms with Crippen molar-refractivity contribution in [2.45, 2.75) is 44.7 Å². The molecule has 6 heteroatoms. The molecule has 1 heterocycles. The van der Waals surface area contributed by atoms with E-state index in [0.717, 1.165) is 18.4 Å². The van der Waals surface area contributed by atoms with E-state index < -0.39 is 0 Å². The van der Waals surface area contributed by atoms with Crippen LogP contribution in [0.25, 0.3) is 0 Å². The number of nitrogens with zero attached hydrogens (tertiary/aromatic N) is 1. The van der Waals surface area contributed by atoms with Gasteiger partial charge in [0.1, 0.15) is 0 Å². The van der Waals surface area contributed by atoms with E-state index in [1.165, 1.54) is 7.11 Å². The lowest BCUT2D eigenvalue weighted by Crippen LogP contribution is -2.51. The van der Waals surface area contributed by atoms with Gasteiger partial charge in [0.05, 0.1) is 19.6 Å². The molecular weight excluding hydrogens is 328 g/mol. The lowest BCUT2D eigenvalue weighted by molar-refractivity contribution is -0.152. The molecule has 1 aliphatic heterocycles. The molecule has 0 bridgehead atoms. The number of halogens is 1. The molecule has 2 N–H and O–H groups in total. The molecule has 1 amide bonds. The third kappa shape index (κ3) is 4.08. The third-order valence-electron chi connectivity index (χ3n) is 4.76. The van der Waals surface area contributed by atoms with Crippen molar-refractivity contribution in [3.63, 3.8) is 0 Å². The van der Waals surface area contributed by atoms with Crippen LogP contribution in [0.5, 0.6) is 0 Å².